The molecule has 0 aliphatic rings. The van der Waals surface area contributed by atoms with Gasteiger partial charge in [-0.05, 0) is 12.1 Å². The van der Waals surface area contributed by atoms with E-state index in [2.05, 4.69) is 9.73 Å². The van der Waals surface area contributed by atoms with Crippen molar-refractivity contribution in [2.24, 2.45) is 16.8 Å². The molecule has 0 fully saturated rings. The van der Waals surface area contributed by atoms with Crippen LogP contribution in [0.15, 0.2) is 17.1 Å². The van der Waals surface area contributed by atoms with Crippen LogP contribution in [0.1, 0.15) is 66.4 Å². The predicted octanol–water partition coefficient (Wildman–Crippen LogP) is 4.55. The van der Waals surface area contributed by atoms with Gasteiger partial charge in [0.05, 0.1) is 41.7 Å². The van der Waals surface area contributed by atoms with E-state index in [9.17, 15) is 19.2 Å². The Labute approximate surface area is 207 Å². The van der Waals surface area contributed by atoms with Crippen LogP contribution < -0.4 is 5.73 Å². The zero-order valence-corrected chi connectivity index (χ0v) is 22.3. The number of Topliss-reactive ketones (excluding diaryl/α,β-unsaturated/α-hetero) is 2. The van der Waals surface area contributed by atoms with Gasteiger partial charge in [-0.3, -0.25) is 9.59 Å². The van der Waals surface area contributed by atoms with Crippen molar-refractivity contribution >= 4 is 63.9 Å². The highest BCUT2D eigenvalue weighted by molar-refractivity contribution is 7.17. The number of aliphatic imine (C=N–C) groups is 1. The Hall–Kier alpha value is -3.05. The van der Waals surface area contributed by atoms with Gasteiger partial charge < -0.3 is 20.1 Å². The second-order valence-electron chi connectivity index (χ2n) is 7.95. The molecule has 34 heavy (non-hydrogen) atoms. The monoisotopic (exact) mass is 509 g/mol. The molecule has 186 valence electrons. The van der Waals surface area contributed by atoms with Crippen LogP contribution in [-0.2, 0) is 9.47 Å². The van der Waals surface area contributed by atoms with Crippen LogP contribution in [0, 0.1) is 11.8 Å². The van der Waals surface area contributed by atoms with E-state index in [4.69, 9.17) is 10.5 Å². The molecule has 2 aromatic heterocycles. The summed E-state index contributed by atoms with van der Waals surface area (Å²) in [7, 11) is 6.25. The highest BCUT2D eigenvalue weighted by Gasteiger charge is 2.22. The lowest BCUT2D eigenvalue weighted by Crippen LogP contribution is -2.07. The van der Waals surface area contributed by atoms with E-state index in [0.717, 1.165) is 22.7 Å². The Morgan fingerprint density at radius 3 is 1.76 bits per heavy atom. The van der Waals surface area contributed by atoms with E-state index in [1.54, 1.807) is 31.2 Å². The first-order valence-corrected chi connectivity index (χ1v) is 12.0. The molecule has 0 amide bonds. The summed E-state index contributed by atoms with van der Waals surface area (Å²) in [6.07, 6.45) is 1.58. The number of nitrogen functional groups attached to an aromatic ring is 1. The van der Waals surface area contributed by atoms with E-state index < -0.39 is 11.9 Å². The zero-order valence-electron chi connectivity index (χ0n) is 20.6. The molecule has 2 N–H and O–H groups in total. The van der Waals surface area contributed by atoms with Crippen LogP contribution in [0.2, 0.25) is 0 Å². The van der Waals surface area contributed by atoms with Gasteiger partial charge in [0, 0.05) is 25.9 Å². The second-order valence-corrected chi connectivity index (χ2v) is 10.1. The highest BCUT2D eigenvalue weighted by Crippen LogP contribution is 2.32. The number of ether oxygens (including phenoxy) is 2. The van der Waals surface area contributed by atoms with Crippen LogP contribution in [0.3, 0.4) is 0 Å². The summed E-state index contributed by atoms with van der Waals surface area (Å²) in [6, 6.07) is 3.17. The van der Waals surface area contributed by atoms with Gasteiger partial charge in [0.2, 0.25) is 0 Å². The molecule has 2 rings (SSSR count). The number of hydrogen-bond donors (Lipinski definition) is 1. The first-order valence-electron chi connectivity index (χ1n) is 10.3. The minimum absolute atomic E-state index is 0.00135. The van der Waals surface area contributed by atoms with E-state index in [1.807, 2.05) is 27.9 Å². The summed E-state index contributed by atoms with van der Waals surface area (Å²) < 4.78 is 9.26. The van der Waals surface area contributed by atoms with E-state index >= 15 is 0 Å². The van der Waals surface area contributed by atoms with Crippen LogP contribution >= 0.6 is 22.7 Å². The number of rotatable bonds is 8. The number of methoxy groups -OCH3 is 2. The summed E-state index contributed by atoms with van der Waals surface area (Å²) >= 11 is 2.20. The van der Waals surface area contributed by atoms with Crippen molar-refractivity contribution in [2.75, 3.05) is 34.0 Å². The largest absolute Gasteiger partial charge is 0.465 e. The van der Waals surface area contributed by atoms with Crippen LogP contribution in [-0.4, -0.2) is 63.1 Å². The number of hydrogen-bond acceptors (Lipinski definition) is 10. The number of carbonyl (C=O) groups is 4. The van der Waals surface area contributed by atoms with Crippen LogP contribution in [0.5, 0.6) is 0 Å². The fourth-order valence-corrected chi connectivity index (χ4v) is 4.56. The Balaban J connectivity index is 0.000000350. The minimum atomic E-state index is -0.500. The molecule has 2 heterocycles. The SMILES string of the molecule is COC(=O)c1sc(C(=O)C(C)C)cc1/N=C/N(C)C.COC(=O)c1sc(C(=O)C(C)C)cc1N. The van der Waals surface area contributed by atoms with E-state index in [-0.39, 0.29) is 23.4 Å². The lowest BCUT2D eigenvalue weighted by Gasteiger charge is -2.02. The van der Waals surface area contributed by atoms with Gasteiger partial charge in [0.25, 0.3) is 0 Å². The molecule has 2 aromatic rings. The molecule has 0 unspecified atom stereocenters. The molecular formula is C23H31N3O6S2. The fraction of sp³-hybridized carbons (Fsp3) is 0.435. The molecule has 0 spiro atoms. The third-order valence-electron chi connectivity index (χ3n) is 4.18. The number of nitrogens with zero attached hydrogens (tertiary/aromatic N) is 2. The standard InChI is InChI=1S/C13H18N2O3S.C10H13NO3S/c1-8(2)11(16)10-6-9(14-7-15(3)4)12(19-10)13(17)18-5;1-5(2)8(12)7-4-6(11)9(15-7)10(13)14-3/h6-8H,1-5H3;4-5H,11H2,1-3H3/b14-7+;. The normalized spacial score (nSPS) is 10.8. The Kier molecular flexibility index (Phi) is 11.1. The molecular weight excluding hydrogens is 478 g/mol. The average Bonchev–Trinajstić information content (AvgIpc) is 3.39. The van der Waals surface area contributed by atoms with Crippen LogP contribution in [0.25, 0.3) is 0 Å². The van der Waals surface area contributed by atoms with Gasteiger partial charge in [-0.25, -0.2) is 14.6 Å². The summed E-state index contributed by atoms with van der Waals surface area (Å²) in [5.41, 5.74) is 6.38. The maximum atomic E-state index is 12.0. The van der Waals surface area contributed by atoms with Crippen molar-refractivity contribution < 1.29 is 28.7 Å². The van der Waals surface area contributed by atoms with E-state index in [1.165, 1.54) is 20.3 Å². The molecule has 0 bridgehead atoms. The molecule has 0 aliphatic carbocycles. The Morgan fingerprint density at radius 2 is 1.32 bits per heavy atom. The number of esters is 2. The maximum absolute atomic E-state index is 12.0. The number of ketones is 2. The fourth-order valence-electron chi connectivity index (χ4n) is 2.36. The summed E-state index contributed by atoms with van der Waals surface area (Å²) in [6.45, 7) is 7.25. The van der Waals surface area contributed by atoms with Gasteiger partial charge >= 0.3 is 11.9 Å². The van der Waals surface area contributed by atoms with Crippen molar-refractivity contribution in [1.29, 1.82) is 0 Å². The maximum Gasteiger partial charge on any atom is 0.350 e. The lowest BCUT2D eigenvalue weighted by atomic mass is 10.1. The Morgan fingerprint density at radius 1 is 0.882 bits per heavy atom. The number of anilines is 1. The molecule has 0 aromatic carbocycles. The third kappa shape index (κ3) is 7.77. The van der Waals surface area contributed by atoms with Gasteiger partial charge in [-0.15, -0.1) is 22.7 Å². The van der Waals surface area contributed by atoms with Crippen molar-refractivity contribution in [3.8, 4) is 0 Å². The van der Waals surface area contributed by atoms with Crippen molar-refractivity contribution in [1.82, 2.24) is 4.90 Å². The molecule has 0 saturated carbocycles. The molecule has 0 radical (unpaired) electrons. The summed E-state index contributed by atoms with van der Waals surface area (Å²) in [4.78, 5) is 54.1. The minimum Gasteiger partial charge on any atom is -0.465 e. The number of carbonyl (C=O) groups excluding carboxylic acids is 4. The van der Waals surface area contributed by atoms with Gasteiger partial charge in [-0.1, -0.05) is 27.7 Å². The first-order chi connectivity index (χ1) is 15.8. The third-order valence-corrected chi connectivity index (χ3v) is 6.44. The first kappa shape index (κ1) is 29.0. The Bertz CT molecular complexity index is 1070. The molecule has 9 nitrogen and oxygen atoms in total. The van der Waals surface area contributed by atoms with Crippen molar-refractivity contribution in [3.63, 3.8) is 0 Å². The summed E-state index contributed by atoms with van der Waals surface area (Å²) in [5, 5.41) is 0. The number of thiophene rings is 2. The van der Waals surface area contributed by atoms with Gasteiger partial charge in [-0.2, -0.15) is 0 Å². The molecule has 0 saturated heterocycles. The molecule has 11 heteroatoms. The van der Waals surface area contributed by atoms with Gasteiger partial charge in [0.15, 0.2) is 11.6 Å². The van der Waals surface area contributed by atoms with Gasteiger partial charge in [0.1, 0.15) is 9.75 Å². The van der Waals surface area contributed by atoms with Crippen molar-refractivity contribution in [2.45, 2.75) is 27.7 Å². The highest BCUT2D eigenvalue weighted by atomic mass is 32.1. The topological polar surface area (TPSA) is 128 Å². The zero-order chi connectivity index (χ0) is 26.2. The molecule has 0 aliphatic heterocycles. The van der Waals surface area contributed by atoms with Crippen LogP contribution in [0.4, 0.5) is 11.4 Å². The van der Waals surface area contributed by atoms with Crippen molar-refractivity contribution in [3.05, 3.63) is 31.6 Å². The number of nitrogens with two attached hydrogens (primary N) is 1. The smallest absolute Gasteiger partial charge is 0.350 e. The second kappa shape index (κ2) is 13.0. The quantitative estimate of drug-likeness (QED) is 0.237. The molecule has 0 atom stereocenters. The summed E-state index contributed by atoms with van der Waals surface area (Å²) in [5.74, 6) is -1.20. The average molecular weight is 510 g/mol. The lowest BCUT2D eigenvalue weighted by molar-refractivity contribution is 0.0598. The van der Waals surface area contributed by atoms with E-state index in [0.29, 0.717) is 30.9 Å². The predicted molar refractivity (Wildman–Crippen MR) is 136 cm³/mol.